The number of hydrazone groups is 1. The van der Waals surface area contributed by atoms with Gasteiger partial charge in [-0.1, -0.05) is 18.2 Å². The molecule has 3 aromatic carbocycles. The zero-order valence-electron chi connectivity index (χ0n) is 18.4. The van der Waals surface area contributed by atoms with Crippen molar-refractivity contribution in [2.45, 2.75) is 0 Å². The summed E-state index contributed by atoms with van der Waals surface area (Å²) in [5, 5.41) is 7.40. The SMILES string of the molecule is COc1cc(/C=N/NC(=O)c2cc3ccccc3o2)cc(Br)c1OCC(=O)Nc1ccc(F)cc1. The number of carbonyl (C=O) groups is 2. The fourth-order valence-corrected chi connectivity index (χ4v) is 3.71. The van der Waals surface area contributed by atoms with E-state index in [-0.39, 0.29) is 12.4 Å². The average Bonchev–Trinajstić information content (AvgIpc) is 3.29. The number of hydrogen-bond donors (Lipinski definition) is 2. The third kappa shape index (κ3) is 6.04. The van der Waals surface area contributed by atoms with Crippen LogP contribution in [0.15, 0.2) is 80.7 Å². The van der Waals surface area contributed by atoms with Gasteiger partial charge in [0.15, 0.2) is 23.9 Å². The number of methoxy groups -OCH3 is 1. The molecule has 0 atom stereocenters. The summed E-state index contributed by atoms with van der Waals surface area (Å²) in [7, 11) is 1.46. The number of furan rings is 1. The summed E-state index contributed by atoms with van der Waals surface area (Å²) in [5.41, 5.74) is 4.07. The summed E-state index contributed by atoms with van der Waals surface area (Å²) in [4.78, 5) is 24.5. The molecule has 0 saturated heterocycles. The minimum atomic E-state index is -0.490. The summed E-state index contributed by atoms with van der Waals surface area (Å²) in [6.45, 7) is -0.298. The molecule has 0 fully saturated rings. The molecule has 0 spiro atoms. The molecule has 35 heavy (non-hydrogen) atoms. The number of para-hydroxylation sites is 1. The minimum absolute atomic E-state index is 0.143. The van der Waals surface area contributed by atoms with Crippen LogP contribution in [0.25, 0.3) is 11.0 Å². The number of halogens is 2. The van der Waals surface area contributed by atoms with Crippen LogP contribution < -0.4 is 20.2 Å². The first-order valence-electron chi connectivity index (χ1n) is 10.3. The van der Waals surface area contributed by atoms with Crippen LogP contribution in [0.1, 0.15) is 16.1 Å². The minimum Gasteiger partial charge on any atom is -0.493 e. The largest absolute Gasteiger partial charge is 0.493 e. The highest BCUT2D eigenvalue weighted by Crippen LogP contribution is 2.36. The lowest BCUT2D eigenvalue weighted by molar-refractivity contribution is -0.118. The first-order chi connectivity index (χ1) is 16.9. The monoisotopic (exact) mass is 539 g/mol. The molecule has 0 aliphatic rings. The molecule has 0 radical (unpaired) electrons. The molecule has 2 amide bonds. The number of nitrogens with zero attached hydrogens (tertiary/aromatic N) is 1. The van der Waals surface area contributed by atoms with E-state index in [2.05, 4.69) is 31.8 Å². The highest BCUT2D eigenvalue weighted by Gasteiger charge is 2.14. The number of benzene rings is 3. The smallest absolute Gasteiger partial charge is 0.307 e. The maximum atomic E-state index is 13.0. The molecule has 178 valence electrons. The first kappa shape index (κ1) is 24.0. The number of rotatable bonds is 8. The Hall–Kier alpha value is -4.18. The maximum absolute atomic E-state index is 13.0. The van der Waals surface area contributed by atoms with E-state index in [9.17, 15) is 14.0 Å². The summed E-state index contributed by atoms with van der Waals surface area (Å²) in [6, 6.07) is 17.6. The average molecular weight is 540 g/mol. The normalized spacial score (nSPS) is 10.9. The molecule has 4 aromatic rings. The Morgan fingerprint density at radius 2 is 1.89 bits per heavy atom. The van der Waals surface area contributed by atoms with Crippen LogP contribution in [-0.4, -0.2) is 31.7 Å². The zero-order valence-corrected chi connectivity index (χ0v) is 20.0. The van der Waals surface area contributed by atoms with E-state index in [1.807, 2.05) is 18.2 Å². The van der Waals surface area contributed by atoms with E-state index in [0.29, 0.717) is 32.8 Å². The van der Waals surface area contributed by atoms with Crippen molar-refractivity contribution >= 4 is 50.6 Å². The Labute approximate surface area is 207 Å². The van der Waals surface area contributed by atoms with E-state index in [1.54, 1.807) is 24.3 Å². The summed E-state index contributed by atoms with van der Waals surface area (Å²) in [5.74, 6) is -0.514. The molecule has 1 heterocycles. The van der Waals surface area contributed by atoms with Gasteiger partial charge < -0.3 is 19.2 Å². The van der Waals surface area contributed by atoms with Crippen LogP contribution >= 0.6 is 15.9 Å². The number of ether oxygens (including phenoxy) is 2. The predicted octanol–water partition coefficient (Wildman–Crippen LogP) is 5.12. The second kappa shape index (κ2) is 10.8. The van der Waals surface area contributed by atoms with E-state index in [1.165, 1.54) is 37.6 Å². The van der Waals surface area contributed by atoms with Crippen LogP contribution in [0.3, 0.4) is 0 Å². The van der Waals surface area contributed by atoms with Gasteiger partial charge in [0.1, 0.15) is 11.4 Å². The molecule has 0 aliphatic heterocycles. The molecule has 8 nitrogen and oxygen atoms in total. The Bertz CT molecular complexity index is 1370. The van der Waals surface area contributed by atoms with Gasteiger partial charge in [-0.15, -0.1) is 0 Å². The summed E-state index contributed by atoms with van der Waals surface area (Å²) < 4.78 is 30.0. The highest BCUT2D eigenvalue weighted by atomic mass is 79.9. The number of anilines is 1. The Morgan fingerprint density at radius 1 is 1.11 bits per heavy atom. The number of amides is 2. The van der Waals surface area contributed by atoms with Gasteiger partial charge in [-0.3, -0.25) is 9.59 Å². The molecule has 1 aromatic heterocycles. The van der Waals surface area contributed by atoms with Gasteiger partial charge in [0.2, 0.25) is 0 Å². The second-order valence-corrected chi connectivity index (χ2v) is 8.08. The number of hydrogen-bond acceptors (Lipinski definition) is 6. The van der Waals surface area contributed by atoms with E-state index in [0.717, 1.165) is 5.39 Å². The Balaban J connectivity index is 1.38. The molecule has 0 aliphatic carbocycles. The van der Waals surface area contributed by atoms with E-state index < -0.39 is 17.6 Å². The van der Waals surface area contributed by atoms with Gasteiger partial charge in [-0.2, -0.15) is 5.10 Å². The van der Waals surface area contributed by atoms with Crippen molar-refractivity contribution in [1.29, 1.82) is 0 Å². The lowest BCUT2D eigenvalue weighted by Gasteiger charge is -2.13. The van der Waals surface area contributed by atoms with Crippen molar-refractivity contribution < 1.29 is 27.9 Å². The lowest BCUT2D eigenvalue weighted by Crippen LogP contribution is -2.20. The molecule has 0 bridgehead atoms. The topological polar surface area (TPSA) is 102 Å². The molecule has 10 heteroatoms. The van der Waals surface area contributed by atoms with E-state index >= 15 is 0 Å². The van der Waals surface area contributed by atoms with Gasteiger partial charge in [0.25, 0.3) is 5.91 Å². The van der Waals surface area contributed by atoms with Gasteiger partial charge in [-0.25, -0.2) is 9.82 Å². The fourth-order valence-electron chi connectivity index (χ4n) is 3.14. The molecular weight excluding hydrogens is 521 g/mol. The molecular formula is C25H19BrFN3O5. The van der Waals surface area contributed by atoms with Crippen molar-refractivity contribution in [1.82, 2.24) is 5.43 Å². The second-order valence-electron chi connectivity index (χ2n) is 7.23. The predicted molar refractivity (Wildman–Crippen MR) is 132 cm³/mol. The Morgan fingerprint density at radius 3 is 2.63 bits per heavy atom. The molecule has 0 unspecified atom stereocenters. The lowest BCUT2D eigenvalue weighted by atomic mass is 10.2. The van der Waals surface area contributed by atoms with Gasteiger partial charge in [-0.05, 0) is 70.0 Å². The molecule has 4 rings (SSSR count). The van der Waals surface area contributed by atoms with Gasteiger partial charge >= 0.3 is 5.91 Å². The highest BCUT2D eigenvalue weighted by molar-refractivity contribution is 9.10. The van der Waals surface area contributed by atoms with Crippen LogP contribution in [0.4, 0.5) is 10.1 Å². The maximum Gasteiger partial charge on any atom is 0.307 e. The molecule has 2 N–H and O–H groups in total. The van der Waals surface area contributed by atoms with Crippen molar-refractivity contribution in [2.75, 3.05) is 19.0 Å². The van der Waals surface area contributed by atoms with Crippen LogP contribution in [-0.2, 0) is 4.79 Å². The van der Waals surface area contributed by atoms with Crippen molar-refractivity contribution in [3.63, 3.8) is 0 Å². The van der Waals surface area contributed by atoms with Crippen LogP contribution in [0.5, 0.6) is 11.5 Å². The summed E-state index contributed by atoms with van der Waals surface area (Å²) in [6.07, 6.45) is 1.43. The van der Waals surface area contributed by atoms with Crippen molar-refractivity contribution in [2.24, 2.45) is 5.10 Å². The number of fused-ring (bicyclic) bond motifs is 1. The number of carbonyl (C=O) groups excluding carboxylic acids is 2. The summed E-state index contributed by atoms with van der Waals surface area (Å²) >= 11 is 3.40. The number of nitrogens with one attached hydrogen (secondary N) is 2. The quantitative estimate of drug-likeness (QED) is 0.239. The van der Waals surface area contributed by atoms with Crippen molar-refractivity contribution in [3.8, 4) is 11.5 Å². The van der Waals surface area contributed by atoms with Crippen LogP contribution in [0.2, 0.25) is 0 Å². The zero-order chi connectivity index (χ0) is 24.8. The van der Waals surface area contributed by atoms with Gasteiger partial charge in [0.05, 0.1) is 17.8 Å². The van der Waals surface area contributed by atoms with E-state index in [4.69, 9.17) is 13.9 Å². The third-order valence-electron chi connectivity index (χ3n) is 4.76. The van der Waals surface area contributed by atoms with Crippen molar-refractivity contribution in [3.05, 3.63) is 88.3 Å². The van der Waals surface area contributed by atoms with Gasteiger partial charge in [0, 0.05) is 11.1 Å². The standard InChI is InChI=1S/C25H19BrFN3O5/c1-33-21-11-15(13-28-30-25(32)22-12-16-4-2-3-5-20(16)35-22)10-19(26)24(21)34-14-23(31)29-18-8-6-17(27)7-9-18/h2-13H,14H2,1H3,(H,29,31)(H,30,32)/b28-13+. The van der Waals surface area contributed by atoms with Crippen LogP contribution in [0, 0.1) is 5.82 Å². The first-order valence-corrected chi connectivity index (χ1v) is 11.1. The molecule has 0 saturated carbocycles. The fraction of sp³-hybridized carbons (Fsp3) is 0.0800. The third-order valence-corrected chi connectivity index (χ3v) is 5.35. The Kier molecular flexibility index (Phi) is 7.41.